The quantitative estimate of drug-likeness (QED) is 0.651. The topological polar surface area (TPSA) is 68.5 Å². The van der Waals surface area contributed by atoms with Crippen molar-refractivity contribution < 1.29 is 17.6 Å². The van der Waals surface area contributed by atoms with Crippen molar-refractivity contribution in [2.45, 2.75) is 10.8 Å². The Bertz CT molecular complexity index is 887. The molecule has 1 aromatic carbocycles. The van der Waals surface area contributed by atoms with Crippen LogP contribution in [-0.4, -0.2) is 22.1 Å². The predicted octanol–water partition coefficient (Wildman–Crippen LogP) is 4.11. The lowest BCUT2D eigenvalue weighted by atomic mass is 10.1. The Balaban J connectivity index is 1.81. The van der Waals surface area contributed by atoms with Crippen LogP contribution in [0.25, 0.3) is 0 Å². The Kier molecular flexibility index (Phi) is 5.48. The number of benzene rings is 1. The number of sulfonamides is 1. The molecule has 2 aromatic heterocycles. The fraction of sp³-hybridized carbons (Fsp3) is 0.176. The molecule has 0 radical (unpaired) electrons. The van der Waals surface area contributed by atoms with E-state index in [9.17, 15) is 8.42 Å². The van der Waals surface area contributed by atoms with Crippen LogP contribution in [0.4, 0.5) is 0 Å². The van der Waals surface area contributed by atoms with E-state index in [1.165, 1.54) is 25.3 Å². The van der Waals surface area contributed by atoms with Gasteiger partial charge in [-0.3, -0.25) is 0 Å². The lowest BCUT2D eigenvalue weighted by Crippen LogP contribution is -2.28. The molecule has 0 spiro atoms. The van der Waals surface area contributed by atoms with Crippen LogP contribution in [0.3, 0.4) is 0 Å². The summed E-state index contributed by atoms with van der Waals surface area (Å²) < 4.78 is 38.3. The number of rotatable bonds is 7. The lowest BCUT2D eigenvalue weighted by molar-refractivity contribution is 0.414. The van der Waals surface area contributed by atoms with Gasteiger partial charge in [0.25, 0.3) is 0 Å². The van der Waals surface area contributed by atoms with Crippen molar-refractivity contribution in [2.75, 3.05) is 13.7 Å². The van der Waals surface area contributed by atoms with Gasteiger partial charge in [0.15, 0.2) is 0 Å². The highest BCUT2D eigenvalue weighted by atomic mass is 35.5. The van der Waals surface area contributed by atoms with Crippen LogP contribution < -0.4 is 9.46 Å². The molecule has 0 saturated carbocycles. The third-order valence-electron chi connectivity index (χ3n) is 3.68. The summed E-state index contributed by atoms with van der Waals surface area (Å²) in [4.78, 5) is 1.10. The van der Waals surface area contributed by atoms with Gasteiger partial charge < -0.3 is 9.15 Å². The van der Waals surface area contributed by atoms with E-state index in [-0.39, 0.29) is 22.4 Å². The van der Waals surface area contributed by atoms with E-state index < -0.39 is 10.0 Å². The molecular weight excluding hydrogens is 382 g/mol. The summed E-state index contributed by atoms with van der Waals surface area (Å²) in [5, 5.41) is 2.19. The van der Waals surface area contributed by atoms with Gasteiger partial charge in [-0.2, -0.15) is 0 Å². The van der Waals surface area contributed by atoms with Gasteiger partial charge in [-0.05, 0) is 41.8 Å². The zero-order valence-electron chi connectivity index (χ0n) is 13.3. The molecule has 1 atom stereocenters. The molecule has 0 fully saturated rings. The van der Waals surface area contributed by atoms with Gasteiger partial charge in [0.1, 0.15) is 11.5 Å². The van der Waals surface area contributed by atoms with Crippen LogP contribution in [0.5, 0.6) is 5.75 Å². The highest BCUT2D eigenvalue weighted by molar-refractivity contribution is 7.89. The summed E-state index contributed by atoms with van der Waals surface area (Å²) in [6.07, 6.45) is 1.58. The van der Waals surface area contributed by atoms with Gasteiger partial charge in [-0.15, -0.1) is 11.3 Å². The number of thiophene rings is 1. The van der Waals surface area contributed by atoms with Gasteiger partial charge in [-0.1, -0.05) is 17.7 Å². The zero-order chi connectivity index (χ0) is 17.9. The van der Waals surface area contributed by atoms with Crippen LogP contribution in [-0.2, 0) is 10.0 Å². The first-order chi connectivity index (χ1) is 12.0. The average Bonchev–Trinajstić information content (AvgIpc) is 3.29. The van der Waals surface area contributed by atoms with Crippen molar-refractivity contribution in [3.63, 3.8) is 0 Å². The lowest BCUT2D eigenvalue weighted by Gasteiger charge is -2.15. The number of hydrogen-bond acceptors (Lipinski definition) is 5. The van der Waals surface area contributed by atoms with E-state index in [2.05, 4.69) is 4.72 Å². The second kappa shape index (κ2) is 7.61. The van der Waals surface area contributed by atoms with Crippen molar-refractivity contribution in [2.24, 2.45) is 0 Å². The second-order valence-corrected chi connectivity index (χ2v) is 8.39. The minimum Gasteiger partial charge on any atom is -0.495 e. The third kappa shape index (κ3) is 4.07. The number of hydrogen-bond donors (Lipinski definition) is 1. The number of methoxy groups -OCH3 is 1. The average molecular weight is 398 g/mol. The Morgan fingerprint density at radius 1 is 1.28 bits per heavy atom. The molecule has 1 N–H and O–H groups in total. The first-order valence-corrected chi connectivity index (χ1v) is 10.2. The minimum absolute atomic E-state index is 0.0858. The van der Waals surface area contributed by atoms with Gasteiger partial charge in [0.2, 0.25) is 10.0 Å². The monoisotopic (exact) mass is 397 g/mol. The highest BCUT2D eigenvalue weighted by Crippen LogP contribution is 2.30. The molecule has 2 heterocycles. The molecule has 0 aliphatic heterocycles. The summed E-state index contributed by atoms with van der Waals surface area (Å²) in [6.45, 7) is 0.181. The van der Waals surface area contributed by atoms with Crippen molar-refractivity contribution in [3.05, 3.63) is 69.8 Å². The zero-order valence-corrected chi connectivity index (χ0v) is 15.7. The molecule has 0 bridgehead atoms. The van der Waals surface area contributed by atoms with E-state index in [4.69, 9.17) is 20.8 Å². The van der Waals surface area contributed by atoms with Gasteiger partial charge in [0.05, 0.1) is 29.2 Å². The largest absolute Gasteiger partial charge is 0.495 e. The van der Waals surface area contributed by atoms with Crippen LogP contribution in [0.2, 0.25) is 5.02 Å². The molecule has 0 aliphatic carbocycles. The van der Waals surface area contributed by atoms with Crippen molar-refractivity contribution in [1.82, 2.24) is 4.72 Å². The molecule has 3 aromatic rings. The first-order valence-electron chi connectivity index (χ1n) is 7.41. The van der Waals surface area contributed by atoms with Gasteiger partial charge in [-0.25, -0.2) is 13.1 Å². The number of furan rings is 1. The van der Waals surface area contributed by atoms with E-state index in [0.717, 1.165) is 4.88 Å². The van der Waals surface area contributed by atoms with Crippen molar-refractivity contribution in [3.8, 4) is 5.75 Å². The predicted molar refractivity (Wildman–Crippen MR) is 98.1 cm³/mol. The maximum absolute atomic E-state index is 12.6. The molecule has 8 heteroatoms. The molecule has 0 amide bonds. The number of ether oxygens (including phenoxy) is 1. The SMILES string of the molecule is COc1ccc(S(=O)(=O)NC[C@@H](c2ccco2)c2cccs2)cc1Cl. The summed E-state index contributed by atoms with van der Waals surface area (Å²) in [5.74, 6) is 0.934. The minimum atomic E-state index is -3.71. The second-order valence-electron chi connectivity index (χ2n) is 5.23. The number of nitrogens with one attached hydrogen (secondary N) is 1. The molecule has 0 unspecified atom stereocenters. The van der Waals surface area contributed by atoms with Crippen LogP contribution in [0, 0.1) is 0 Å². The molecule has 132 valence electrons. The van der Waals surface area contributed by atoms with E-state index in [1.807, 2.05) is 23.6 Å². The third-order valence-corrected chi connectivity index (χ3v) is 6.39. The Morgan fingerprint density at radius 3 is 2.72 bits per heavy atom. The fourth-order valence-corrected chi connectivity index (χ4v) is 4.64. The maximum atomic E-state index is 12.6. The summed E-state index contributed by atoms with van der Waals surface area (Å²) in [7, 11) is -2.24. The van der Waals surface area contributed by atoms with Crippen LogP contribution in [0.15, 0.2) is 63.4 Å². The molecule has 0 saturated heterocycles. The smallest absolute Gasteiger partial charge is 0.240 e. The van der Waals surface area contributed by atoms with E-state index in [0.29, 0.717) is 11.5 Å². The van der Waals surface area contributed by atoms with E-state index >= 15 is 0 Å². The molecular formula is C17H16ClNO4S2. The maximum Gasteiger partial charge on any atom is 0.240 e. The molecule has 5 nitrogen and oxygen atoms in total. The van der Waals surface area contributed by atoms with Crippen molar-refractivity contribution in [1.29, 1.82) is 0 Å². The number of halogens is 1. The van der Waals surface area contributed by atoms with Crippen LogP contribution in [0.1, 0.15) is 16.6 Å². The molecule has 3 rings (SSSR count). The standard InChI is InChI=1S/C17H16ClNO4S2/c1-22-16-7-6-12(10-14(16)18)25(20,21)19-11-13(15-4-2-8-23-15)17-5-3-9-24-17/h2-10,13,19H,11H2,1H3/t13-/m0/s1. The summed E-state index contributed by atoms with van der Waals surface area (Å²) in [5.41, 5.74) is 0. The molecule has 25 heavy (non-hydrogen) atoms. The Labute approximate surface area is 155 Å². The molecule has 0 aliphatic rings. The van der Waals surface area contributed by atoms with Crippen molar-refractivity contribution >= 4 is 33.0 Å². The first kappa shape index (κ1) is 18.0. The summed E-state index contributed by atoms with van der Waals surface area (Å²) in [6, 6.07) is 11.9. The fourth-order valence-electron chi connectivity index (χ4n) is 2.41. The highest BCUT2D eigenvalue weighted by Gasteiger charge is 2.22. The van der Waals surface area contributed by atoms with Crippen LogP contribution >= 0.6 is 22.9 Å². The van der Waals surface area contributed by atoms with Gasteiger partial charge >= 0.3 is 0 Å². The normalized spacial score (nSPS) is 12.9. The summed E-state index contributed by atoms with van der Waals surface area (Å²) >= 11 is 7.58. The van der Waals surface area contributed by atoms with E-state index in [1.54, 1.807) is 23.7 Å². The van der Waals surface area contributed by atoms with Gasteiger partial charge in [0, 0.05) is 11.4 Å². The Hall–Kier alpha value is -1.80. The Morgan fingerprint density at radius 2 is 2.12 bits per heavy atom.